The van der Waals surface area contributed by atoms with E-state index in [4.69, 9.17) is 11.6 Å². The standard InChI is InChI=1S/C29H27ClN6O/c1-20-7-9-23(33-29(37)21-8-10-24(30)26(16-21)34-13-3-2-4-14-34)17-25(20)35-15-11-28-32-19-27(36(28)35)22-6-5-12-31-18-22/h5-12,15-19H,2-4,13-14H2,1H3,(H,33,37). The molecule has 186 valence electrons. The van der Waals surface area contributed by atoms with Crippen molar-refractivity contribution in [3.05, 3.63) is 95.5 Å². The highest BCUT2D eigenvalue weighted by Crippen LogP contribution is 2.30. The van der Waals surface area contributed by atoms with Crippen LogP contribution in [0.2, 0.25) is 5.02 Å². The predicted molar refractivity (Wildman–Crippen MR) is 148 cm³/mol. The maximum Gasteiger partial charge on any atom is 0.255 e. The molecule has 0 atom stereocenters. The quantitative estimate of drug-likeness (QED) is 0.297. The molecule has 0 aliphatic carbocycles. The molecule has 4 heterocycles. The van der Waals surface area contributed by atoms with Crippen LogP contribution in [-0.2, 0) is 0 Å². The Kier molecular flexibility index (Phi) is 6.14. The fraction of sp³-hybridized carbons (Fsp3) is 0.207. The smallest absolute Gasteiger partial charge is 0.255 e. The Hall–Kier alpha value is -4.10. The summed E-state index contributed by atoms with van der Waals surface area (Å²) in [6.45, 7) is 3.98. The molecule has 0 saturated carbocycles. The number of carbonyl (C=O) groups is 1. The second-order valence-corrected chi connectivity index (χ2v) is 9.79. The van der Waals surface area contributed by atoms with Gasteiger partial charge in [-0.05, 0) is 74.2 Å². The molecule has 8 heteroatoms. The molecule has 3 aromatic heterocycles. The largest absolute Gasteiger partial charge is 0.370 e. The molecule has 1 aliphatic rings. The first-order valence-corrected chi connectivity index (χ1v) is 12.9. The summed E-state index contributed by atoms with van der Waals surface area (Å²) in [6.07, 6.45) is 10.9. The summed E-state index contributed by atoms with van der Waals surface area (Å²) in [5, 5.41) is 3.76. The molecule has 37 heavy (non-hydrogen) atoms. The Bertz CT molecular complexity index is 1580. The van der Waals surface area contributed by atoms with Crippen LogP contribution in [0.25, 0.3) is 22.6 Å². The van der Waals surface area contributed by atoms with Crippen LogP contribution in [0.3, 0.4) is 0 Å². The first-order chi connectivity index (χ1) is 18.1. The molecule has 1 N–H and O–H groups in total. The van der Waals surface area contributed by atoms with Crippen molar-refractivity contribution in [2.45, 2.75) is 26.2 Å². The van der Waals surface area contributed by atoms with Gasteiger partial charge in [0.2, 0.25) is 0 Å². The number of amides is 1. The van der Waals surface area contributed by atoms with Gasteiger partial charge in [0.25, 0.3) is 5.91 Å². The van der Waals surface area contributed by atoms with Crippen LogP contribution < -0.4 is 10.2 Å². The number of hydrogen-bond donors (Lipinski definition) is 1. The van der Waals surface area contributed by atoms with E-state index in [-0.39, 0.29) is 5.91 Å². The van der Waals surface area contributed by atoms with Crippen LogP contribution in [0, 0.1) is 6.92 Å². The van der Waals surface area contributed by atoms with Gasteiger partial charge in [0.1, 0.15) is 0 Å². The Labute approximate surface area is 220 Å². The molecule has 5 aromatic rings. The third-order valence-corrected chi connectivity index (χ3v) is 7.24. The lowest BCUT2D eigenvalue weighted by molar-refractivity contribution is 0.102. The van der Waals surface area contributed by atoms with Gasteiger partial charge in [-0.15, -0.1) is 0 Å². The molecule has 1 amide bonds. The van der Waals surface area contributed by atoms with E-state index in [1.165, 1.54) is 6.42 Å². The van der Waals surface area contributed by atoms with Crippen LogP contribution in [0.4, 0.5) is 11.4 Å². The van der Waals surface area contributed by atoms with Crippen molar-refractivity contribution in [1.29, 1.82) is 0 Å². The molecule has 0 bridgehead atoms. The van der Waals surface area contributed by atoms with Crippen LogP contribution in [-0.4, -0.2) is 38.2 Å². The van der Waals surface area contributed by atoms with Gasteiger partial charge in [0, 0.05) is 54.6 Å². The van der Waals surface area contributed by atoms with Crippen molar-refractivity contribution >= 4 is 34.5 Å². The molecule has 7 nitrogen and oxygen atoms in total. The van der Waals surface area contributed by atoms with Crippen LogP contribution >= 0.6 is 11.6 Å². The van der Waals surface area contributed by atoms with Crippen molar-refractivity contribution in [2.75, 3.05) is 23.3 Å². The topological polar surface area (TPSA) is 67.5 Å². The lowest BCUT2D eigenvalue weighted by atomic mass is 10.1. The van der Waals surface area contributed by atoms with E-state index >= 15 is 0 Å². The number of rotatable bonds is 5. The lowest BCUT2D eigenvalue weighted by Crippen LogP contribution is -2.29. The van der Waals surface area contributed by atoms with Gasteiger partial charge in [-0.25, -0.2) is 9.50 Å². The molecule has 1 aliphatic heterocycles. The van der Waals surface area contributed by atoms with E-state index in [1.807, 2.05) is 71.8 Å². The number of carbonyl (C=O) groups excluding carboxylic acids is 1. The molecule has 2 aromatic carbocycles. The zero-order valence-corrected chi connectivity index (χ0v) is 21.3. The molecular weight excluding hydrogens is 484 g/mol. The molecule has 6 rings (SSSR count). The maximum absolute atomic E-state index is 13.3. The lowest BCUT2D eigenvalue weighted by Gasteiger charge is -2.29. The average Bonchev–Trinajstić information content (AvgIpc) is 3.54. The number of imidazole rings is 1. The Morgan fingerprint density at radius 3 is 2.65 bits per heavy atom. The second kappa shape index (κ2) is 9.75. The number of benzene rings is 2. The van der Waals surface area contributed by atoms with Gasteiger partial charge in [-0.3, -0.25) is 14.5 Å². The normalized spacial score (nSPS) is 13.7. The van der Waals surface area contributed by atoms with Crippen molar-refractivity contribution in [1.82, 2.24) is 19.2 Å². The third-order valence-electron chi connectivity index (χ3n) is 6.92. The van der Waals surface area contributed by atoms with Gasteiger partial charge in [-0.2, -0.15) is 0 Å². The number of hydrogen-bond acceptors (Lipinski definition) is 4. The molecule has 1 saturated heterocycles. The third kappa shape index (κ3) is 4.47. The molecular formula is C29H27ClN6O. The van der Waals surface area contributed by atoms with Crippen molar-refractivity contribution in [3.63, 3.8) is 0 Å². The average molecular weight is 511 g/mol. The SMILES string of the molecule is Cc1ccc(NC(=O)c2ccc(Cl)c(N3CCCCC3)c2)cc1-n1ccc2ncc(-c3cccnc3)n21. The van der Waals surface area contributed by atoms with Crippen molar-refractivity contribution in [3.8, 4) is 16.9 Å². The van der Waals surface area contributed by atoms with E-state index in [9.17, 15) is 4.79 Å². The summed E-state index contributed by atoms with van der Waals surface area (Å²) in [5.74, 6) is -0.166. The van der Waals surface area contributed by atoms with Gasteiger partial charge in [0.05, 0.1) is 28.3 Å². The highest BCUT2D eigenvalue weighted by Gasteiger charge is 2.18. The van der Waals surface area contributed by atoms with Crippen LogP contribution in [0.15, 0.2) is 79.4 Å². The number of aryl methyl sites for hydroxylation is 1. The predicted octanol–water partition coefficient (Wildman–Crippen LogP) is 6.39. The molecule has 0 radical (unpaired) electrons. The number of anilines is 2. The van der Waals surface area contributed by atoms with Crippen LogP contribution in [0.5, 0.6) is 0 Å². The Morgan fingerprint density at radius 2 is 1.84 bits per heavy atom. The zero-order chi connectivity index (χ0) is 25.4. The first-order valence-electron chi connectivity index (χ1n) is 12.5. The minimum atomic E-state index is -0.166. The van der Waals surface area contributed by atoms with E-state index in [0.717, 1.165) is 59.8 Å². The highest BCUT2D eigenvalue weighted by atomic mass is 35.5. The fourth-order valence-electron chi connectivity index (χ4n) is 4.97. The second-order valence-electron chi connectivity index (χ2n) is 9.38. The van der Waals surface area contributed by atoms with Gasteiger partial charge < -0.3 is 10.2 Å². The maximum atomic E-state index is 13.3. The first kappa shape index (κ1) is 23.3. The fourth-order valence-corrected chi connectivity index (χ4v) is 5.21. The van der Waals surface area contributed by atoms with Crippen LogP contribution in [0.1, 0.15) is 35.2 Å². The summed E-state index contributed by atoms with van der Waals surface area (Å²) in [4.78, 5) is 24.3. The Morgan fingerprint density at radius 1 is 0.973 bits per heavy atom. The van der Waals surface area contributed by atoms with Gasteiger partial charge in [-0.1, -0.05) is 17.7 Å². The van der Waals surface area contributed by atoms with E-state index < -0.39 is 0 Å². The number of nitrogens with zero attached hydrogens (tertiary/aromatic N) is 5. The van der Waals surface area contributed by atoms with Crippen molar-refractivity contribution in [2.24, 2.45) is 0 Å². The number of halogens is 1. The highest BCUT2D eigenvalue weighted by molar-refractivity contribution is 6.33. The monoisotopic (exact) mass is 510 g/mol. The minimum absolute atomic E-state index is 0.166. The summed E-state index contributed by atoms with van der Waals surface area (Å²) in [5.41, 5.74) is 6.99. The summed E-state index contributed by atoms with van der Waals surface area (Å²) in [7, 11) is 0. The van der Waals surface area contributed by atoms with Gasteiger partial charge >= 0.3 is 0 Å². The molecule has 1 fully saturated rings. The number of pyridine rings is 1. The van der Waals surface area contributed by atoms with Crippen molar-refractivity contribution < 1.29 is 4.79 Å². The summed E-state index contributed by atoms with van der Waals surface area (Å²) in [6, 6.07) is 17.3. The summed E-state index contributed by atoms with van der Waals surface area (Å²) < 4.78 is 4.10. The zero-order valence-electron chi connectivity index (χ0n) is 20.6. The number of piperidine rings is 1. The van der Waals surface area contributed by atoms with E-state index in [1.54, 1.807) is 12.3 Å². The van der Waals surface area contributed by atoms with E-state index in [0.29, 0.717) is 16.3 Å². The minimum Gasteiger partial charge on any atom is -0.370 e. The molecule has 0 unspecified atom stereocenters. The van der Waals surface area contributed by atoms with Gasteiger partial charge in [0.15, 0.2) is 5.65 Å². The summed E-state index contributed by atoms with van der Waals surface area (Å²) >= 11 is 6.50. The number of nitrogens with one attached hydrogen (secondary N) is 1. The molecule has 0 spiro atoms. The van der Waals surface area contributed by atoms with E-state index in [2.05, 4.69) is 31.6 Å². The Balaban J connectivity index is 1.31. The number of fused-ring (bicyclic) bond motifs is 1. The number of aromatic nitrogens is 4.